The number of fused-ring (bicyclic) bond motifs is 3. The molecule has 6 atom stereocenters. The molecule has 1 saturated carbocycles. The third kappa shape index (κ3) is 6.76. The molecule has 4 aromatic rings. The standard InChI is InChI=1S/C45H51ClN2O6Si/c1-44(2,3)55(34-15-9-5-10-16-34,35-17-11-6-12-18-35)53-29-31-25-37-41(38-27-40(54-45(31,38)52)36-20-19-33(49)26-39(36)46)43(51)48(42(37)50)32-21-23-47(24-22-32)28-30-13-7-4-8-14-30/h4-20,26,31-32,37-38,40-41,49,52H,21-25,27-29H2,1-3H3/t31-,37+,38+,40+,41+,45-/m1/s1. The number of aliphatic hydroxyl groups is 1. The number of carbonyl (C=O) groups excluding carboxylic acids is 2. The Kier molecular flexibility index (Phi) is 10.3. The van der Waals surface area contributed by atoms with Crippen molar-refractivity contribution in [2.45, 2.75) is 76.0 Å². The number of aromatic hydroxyl groups is 1. The number of likely N-dealkylation sites (tertiary alicyclic amines) is 2. The lowest BCUT2D eigenvalue weighted by molar-refractivity contribution is -0.273. The van der Waals surface area contributed by atoms with E-state index in [2.05, 4.69) is 62.1 Å². The number of halogens is 1. The lowest BCUT2D eigenvalue weighted by Gasteiger charge is -2.48. The van der Waals surface area contributed by atoms with E-state index >= 15 is 0 Å². The topological polar surface area (TPSA) is 99.5 Å². The van der Waals surface area contributed by atoms with Gasteiger partial charge in [-0.3, -0.25) is 19.4 Å². The minimum absolute atomic E-state index is 0.0292. The average molecular weight is 779 g/mol. The van der Waals surface area contributed by atoms with Crippen molar-refractivity contribution >= 4 is 42.1 Å². The maximum absolute atomic E-state index is 14.6. The van der Waals surface area contributed by atoms with Gasteiger partial charge in [-0.25, -0.2) is 0 Å². The lowest BCUT2D eigenvalue weighted by atomic mass is 9.64. The van der Waals surface area contributed by atoms with E-state index in [0.29, 0.717) is 29.8 Å². The minimum Gasteiger partial charge on any atom is -0.508 e. The largest absolute Gasteiger partial charge is 0.508 e. The van der Waals surface area contributed by atoms with E-state index in [0.717, 1.165) is 30.0 Å². The van der Waals surface area contributed by atoms with Crippen molar-refractivity contribution in [3.63, 3.8) is 0 Å². The molecule has 8 nitrogen and oxygen atoms in total. The SMILES string of the molecule is CC(C)(C)[Si](OC[C@H]1C[C@@H]2C(=O)N(C3CCN(Cc4ccccc4)CC3)C(=O)[C@@H]2[C@@H]2C[C@@H](c3ccc(O)cc3Cl)O[C@]12O)(c1ccccc1)c1ccccc1. The van der Waals surface area contributed by atoms with Crippen LogP contribution in [0, 0.1) is 23.7 Å². The number of phenols is 1. The van der Waals surface area contributed by atoms with Crippen molar-refractivity contribution in [3.8, 4) is 5.75 Å². The van der Waals surface area contributed by atoms with Crippen molar-refractivity contribution in [1.29, 1.82) is 0 Å². The number of phenolic OH excluding ortho intramolecular Hbond substituents is 1. The van der Waals surface area contributed by atoms with Gasteiger partial charge >= 0.3 is 0 Å². The van der Waals surface area contributed by atoms with E-state index in [9.17, 15) is 19.8 Å². The zero-order valence-corrected chi connectivity index (χ0v) is 33.6. The van der Waals surface area contributed by atoms with Crippen molar-refractivity contribution in [1.82, 2.24) is 9.80 Å². The second-order valence-corrected chi connectivity index (χ2v) is 21.7. The number of hydrogen-bond donors (Lipinski definition) is 2. The van der Waals surface area contributed by atoms with E-state index in [1.165, 1.54) is 11.6 Å². The molecule has 3 saturated heterocycles. The van der Waals surface area contributed by atoms with E-state index in [4.69, 9.17) is 20.8 Å². The number of imide groups is 1. The Morgan fingerprint density at radius 1 is 0.855 bits per heavy atom. The molecular formula is C45H51ClN2O6Si. The molecule has 1 aliphatic carbocycles. The second-order valence-electron chi connectivity index (χ2n) is 17.0. The Morgan fingerprint density at radius 3 is 2.04 bits per heavy atom. The molecule has 2 amide bonds. The maximum Gasteiger partial charge on any atom is 0.261 e. The van der Waals surface area contributed by atoms with Crippen molar-refractivity contribution in [2.75, 3.05) is 19.7 Å². The van der Waals surface area contributed by atoms with Crippen LogP contribution in [0.25, 0.3) is 0 Å². The molecule has 288 valence electrons. The van der Waals surface area contributed by atoms with Gasteiger partial charge in [0.15, 0.2) is 5.79 Å². The highest BCUT2D eigenvalue weighted by atomic mass is 35.5. The van der Waals surface area contributed by atoms with Crippen LogP contribution >= 0.6 is 11.6 Å². The van der Waals surface area contributed by atoms with Gasteiger partial charge in [0.25, 0.3) is 8.32 Å². The molecule has 0 unspecified atom stereocenters. The van der Waals surface area contributed by atoms with Crippen molar-refractivity contribution < 1.29 is 29.0 Å². The van der Waals surface area contributed by atoms with Gasteiger partial charge in [-0.15, -0.1) is 0 Å². The smallest absolute Gasteiger partial charge is 0.261 e. The van der Waals surface area contributed by atoms with Crippen LogP contribution in [0.1, 0.15) is 63.7 Å². The Balaban J connectivity index is 1.12. The van der Waals surface area contributed by atoms with Crippen LogP contribution in [-0.4, -0.2) is 71.7 Å². The number of piperidine rings is 1. The number of benzene rings is 4. The fourth-order valence-electron chi connectivity index (χ4n) is 10.2. The number of ether oxygens (including phenoxy) is 1. The van der Waals surface area contributed by atoms with Gasteiger partial charge in [-0.2, -0.15) is 0 Å². The van der Waals surface area contributed by atoms with E-state index < -0.39 is 43.9 Å². The number of hydrogen-bond acceptors (Lipinski definition) is 7. The summed E-state index contributed by atoms with van der Waals surface area (Å²) in [6, 6.07) is 35.6. The monoisotopic (exact) mass is 778 g/mol. The van der Waals surface area contributed by atoms with Gasteiger partial charge in [-0.1, -0.05) is 129 Å². The highest BCUT2D eigenvalue weighted by Gasteiger charge is 2.68. The summed E-state index contributed by atoms with van der Waals surface area (Å²) in [5, 5.41) is 25.3. The Labute approximate surface area is 330 Å². The van der Waals surface area contributed by atoms with Gasteiger partial charge in [0.05, 0.1) is 23.0 Å². The molecule has 8 rings (SSSR count). The molecular weight excluding hydrogens is 728 g/mol. The molecule has 2 N–H and O–H groups in total. The van der Waals surface area contributed by atoms with Crippen LogP contribution in [0.2, 0.25) is 10.1 Å². The van der Waals surface area contributed by atoms with Crippen molar-refractivity contribution in [2.24, 2.45) is 23.7 Å². The summed E-state index contributed by atoms with van der Waals surface area (Å²) >= 11 is 6.67. The first-order valence-electron chi connectivity index (χ1n) is 19.7. The number of amides is 2. The van der Waals surface area contributed by atoms with Gasteiger partial charge in [0.2, 0.25) is 11.8 Å². The minimum atomic E-state index is -3.03. The fourth-order valence-corrected chi connectivity index (χ4v) is 15.1. The molecule has 0 radical (unpaired) electrons. The van der Waals surface area contributed by atoms with Crippen LogP contribution in [0.4, 0.5) is 0 Å². The predicted octanol–water partition coefficient (Wildman–Crippen LogP) is 6.67. The molecule has 0 spiro atoms. The molecule has 4 aromatic carbocycles. The normalized spacial score (nSPS) is 27.7. The summed E-state index contributed by atoms with van der Waals surface area (Å²) in [6.45, 7) is 9.19. The van der Waals surface area contributed by atoms with Crippen LogP contribution in [0.3, 0.4) is 0 Å². The average Bonchev–Trinajstić information content (AvgIpc) is 3.65. The van der Waals surface area contributed by atoms with Gasteiger partial charge in [0, 0.05) is 44.1 Å². The summed E-state index contributed by atoms with van der Waals surface area (Å²) in [5.41, 5.74) is 1.88. The molecule has 3 aliphatic heterocycles. The van der Waals surface area contributed by atoms with E-state index in [-0.39, 0.29) is 41.7 Å². The first-order valence-corrected chi connectivity index (χ1v) is 22.0. The fraction of sp³-hybridized carbons (Fsp3) is 0.422. The summed E-state index contributed by atoms with van der Waals surface area (Å²) in [5.74, 6) is -4.65. The number of nitrogens with zero attached hydrogens (tertiary/aromatic N) is 2. The summed E-state index contributed by atoms with van der Waals surface area (Å²) < 4.78 is 14.1. The highest BCUT2D eigenvalue weighted by molar-refractivity contribution is 6.99. The van der Waals surface area contributed by atoms with E-state index in [1.54, 1.807) is 17.0 Å². The second kappa shape index (κ2) is 14.9. The molecule has 4 fully saturated rings. The molecule has 55 heavy (non-hydrogen) atoms. The first kappa shape index (κ1) is 38.1. The van der Waals surface area contributed by atoms with Crippen LogP contribution < -0.4 is 10.4 Å². The zero-order chi connectivity index (χ0) is 38.5. The maximum atomic E-state index is 14.6. The Bertz CT molecular complexity index is 1960. The Morgan fingerprint density at radius 2 is 1.45 bits per heavy atom. The molecule has 0 aromatic heterocycles. The van der Waals surface area contributed by atoms with Crippen molar-refractivity contribution in [3.05, 3.63) is 125 Å². The third-order valence-corrected chi connectivity index (χ3v) is 18.2. The number of rotatable bonds is 9. The van der Waals surface area contributed by atoms with Crippen LogP contribution in [0.5, 0.6) is 5.75 Å². The van der Waals surface area contributed by atoms with Crippen LogP contribution in [-0.2, 0) is 25.3 Å². The third-order valence-electron chi connectivity index (χ3n) is 12.8. The predicted molar refractivity (Wildman–Crippen MR) is 215 cm³/mol. The Hall–Kier alpha value is -3.83. The summed E-state index contributed by atoms with van der Waals surface area (Å²) in [7, 11) is -3.03. The quantitative estimate of drug-likeness (QED) is 0.145. The molecule has 10 heteroatoms. The first-order chi connectivity index (χ1) is 26.4. The summed E-state index contributed by atoms with van der Waals surface area (Å²) in [4.78, 5) is 33.2. The highest BCUT2D eigenvalue weighted by Crippen LogP contribution is 2.59. The van der Waals surface area contributed by atoms with Gasteiger partial charge in [0.1, 0.15) is 5.75 Å². The molecule has 0 bridgehead atoms. The zero-order valence-electron chi connectivity index (χ0n) is 31.8. The van der Waals surface area contributed by atoms with Crippen LogP contribution in [0.15, 0.2) is 109 Å². The number of carbonyl (C=O) groups is 2. The molecule has 3 heterocycles. The molecule has 4 aliphatic rings. The van der Waals surface area contributed by atoms with Gasteiger partial charge in [-0.05, 0) is 64.4 Å². The summed E-state index contributed by atoms with van der Waals surface area (Å²) in [6.07, 6.45) is 1.35. The van der Waals surface area contributed by atoms with E-state index in [1.807, 2.05) is 54.6 Å². The van der Waals surface area contributed by atoms with Gasteiger partial charge < -0.3 is 19.4 Å². The lowest BCUT2D eigenvalue weighted by Crippen LogP contribution is -2.67.